The van der Waals surface area contributed by atoms with Crippen LogP contribution < -0.4 is 0 Å². The number of fused-ring (bicyclic) bond motifs is 3. The van der Waals surface area contributed by atoms with Crippen molar-refractivity contribution in [3.05, 3.63) is 58.4 Å². The molecule has 4 rings (SSSR count). The number of Topliss-reactive ketones (excluding diaryl/α,β-unsaturated/α-hetero) is 1. The van der Waals surface area contributed by atoms with Crippen LogP contribution in [0, 0.1) is 0 Å². The molecule has 0 fully saturated rings. The number of hydrogen-bond acceptors (Lipinski definition) is 6. The summed E-state index contributed by atoms with van der Waals surface area (Å²) in [5, 5.41) is 1.94. The van der Waals surface area contributed by atoms with E-state index in [4.69, 9.17) is 4.74 Å². The Balaban J connectivity index is 1.50. The highest BCUT2D eigenvalue weighted by Crippen LogP contribution is 2.28. The molecule has 0 radical (unpaired) electrons. The molecule has 0 aliphatic carbocycles. The summed E-state index contributed by atoms with van der Waals surface area (Å²) in [6.45, 7) is -0.264. The zero-order valence-corrected chi connectivity index (χ0v) is 13.4. The average molecular weight is 342 g/mol. The summed E-state index contributed by atoms with van der Waals surface area (Å²) in [6.07, 6.45) is 1.91. The van der Waals surface area contributed by atoms with Crippen LogP contribution >= 0.6 is 22.7 Å². The third-order valence-corrected chi connectivity index (χ3v) is 5.13. The van der Waals surface area contributed by atoms with Gasteiger partial charge in [-0.1, -0.05) is 30.3 Å². The fourth-order valence-corrected chi connectivity index (χ4v) is 3.95. The van der Waals surface area contributed by atoms with Gasteiger partial charge in [-0.3, -0.25) is 9.20 Å². The van der Waals surface area contributed by atoms with E-state index in [2.05, 4.69) is 4.98 Å². The summed E-state index contributed by atoms with van der Waals surface area (Å²) >= 11 is 2.81. The molecule has 4 aromatic rings. The molecule has 3 aromatic heterocycles. The van der Waals surface area contributed by atoms with Crippen molar-refractivity contribution in [2.24, 2.45) is 0 Å². The molecule has 0 aliphatic heterocycles. The molecule has 23 heavy (non-hydrogen) atoms. The Labute approximate surface area is 138 Å². The first-order chi connectivity index (χ1) is 11.2. The van der Waals surface area contributed by atoms with Crippen molar-refractivity contribution in [1.82, 2.24) is 9.38 Å². The maximum Gasteiger partial charge on any atom is 0.348 e. The van der Waals surface area contributed by atoms with Crippen molar-refractivity contribution in [3.8, 4) is 0 Å². The Morgan fingerprint density at radius 3 is 2.87 bits per heavy atom. The maximum atomic E-state index is 12.1. The predicted molar refractivity (Wildman–Crippen MR) is 89.5 cm³/mol. The molecule has 0 atom stereocenters. The molecule has 5 nitrogen and oxygen atoms in total. The number of thiazole rings is 1. The van der Waals surface area contributed by atoms with Crippen LogP contribution in [0.4, 0.5) is 0 Å². The van der Waals surface area contributed by atoms with Crippen molar-refractivity contribution in [2.45, 2.75) is 0 Å². The minimum absolute atomic E-state index is 0.220. The predicted octanol–water partition coefficient (Wildman–Crippen LogP) is 3.65. The van der Waals surface area contributed by atoms with Crippen molar-refractivity contribution in [1.29, 1.82) is 0 Å². The van der Waals surface area contributed by atoms with Crippen LogP contribution in [0.5, 0.6) is 0 Å². The second-order valence-electron chi connectivity index (χ2n) is 4.83. The van der Waals surface area contributed by atoms with Gasteiger partial charge in [0.05, 0.1) is 5.52 Å². The first-order valence-corrected chi connectivity index (χ1v) is 8.52. The largest absolute Gasteiger partial charge is 0.453 e. The van der Waals surface area contributed by atoms with E-state index >= 15 is 0 Å². The molecule has 0 unspecified atom stereocenters. The van der Waals surface area contributed by atoms with Crippen LogP contribution in [0.1, 0.15) is 20.0 Å². The zero-order valence-electron chi connectivity index (χ0n) is 11.8. The number of rotatable bonds is 4. The SMILES string of the molecule is O=C(COC(=O)c1cc2c(nc3sccn32)s1)c1ccccc1. The third-order valence-electron chi connectivity index (χ3n) is 3.37. The van der Waals surface area contributed by atoms with Gasteiger partial charge in [0.15, 0.2) is 17.4 Å². The van der Waals surface area contributed by atoms with Crippen LogP contribution in [0.2, 0.25) is 0 Å². The van der Waals surface area contributed by atoms with Crippen molar-refractivity contribution in [3.63, 3.8) is 0 Å². The number of thiophene rings is 1. The Morgan fingerprint density at radius 2 is 2.04 bits per heavy atom. The summed E-state index contributed by atoms with van der Waals surface area (Å²) in [5.41, 5.74) is 1.41. The van der Waals surface area contributed by atoms with E-state index in [0.29, 0.717) is 10.4 Å². The van der Waals surface area contributed by atoms with Gasteiger partial charge in [0, 0.05) is 17.1 Å². The van der Waals surface area contributed by atoms with Gasteiger partial charge in [-0.2, -0.15) is 0 Å². The number of carbonyl (C=O) groups is 2. The lowest BCUT2D eigenvalue weighted by molar-refractivity contribution is 0.0479. The highest BCUT2D eigenvalue weighted by Gasteiger charge is 2.17. The molecule has 7 heteroatoms. The van der Waals surface area contributed by atoms with Crippen molar-refractivity contribution < 1.29 is 14.3 Å². The minimum atomic E-state index is -0.499. The van der Waals surface area contributed by atoms with Gasteiger partial charge < -0.3 is 4.74 Å². The monoisotopic (exact) mass is 342 g/mol. The maximum absolute atomic E-state index is 12.1. The molecule has 114 valence electrons. The van der Waals surface area contributed by atoms with E-state index in [1.807, 2.05) is 22.0 Å². The van der Waals surface area contributed by atoms with Crippen LogP contribution in [0.15, 0.2) is 48.0 Å². The molecule has 0 saturated carbocycles. The standard InChI is InChI=1S/C16H10N2O3S2/c19-12(10-4-2-1-3-5-10)9-21-15(20)13-8-11-14(23-13)17-16-18(11)6-7-22-16/h1-8H,9H2. The average Bonchev–Trinajstić information content (AvgIpc) is 3.24. The number of benzene rings is 1. The number of hydrogen-bond donors (Lipinski definition) is 0. The van der Waals surface area contributed by atoms with Crippen LogP contribution in [-0.4, -0.2) is 27.7 Å². The van der Waals surface area contributed by atoms with E-state index in [1.54, 1.807) is 41.7 Å². The molecule has 0 N–H and O–H groups in total. The zero-order chi connectivity index (χ0) is 15.8. The summed E-state index contributed by atoms with van der Waals surface area (Å²) in [7, 11) is 0. The minimum Gasteiger partial charge on any atom is -0.453 e. The first-order valence-electron chi connectivity index (χ1n) is 6.83. The van der Waals surface area contributed by atoms with Gasteiger partial charge in [0.1, 0.15) is 9.71 Å². The summed E-state index contributed by atoms with van der Waals surface area (Å²) in [6, 6.07) is 10.5. The lowest BCUT2D eigenvalue weighted by Crippen LogP contribution is -2.13. The molecule has 0 saturated heterocycles. The van der Waals surface area contributed by atoms with Gasteiger partial charge in [-0.05, 0) is 6.07 Å². The van der Waals surface area contributed by atoms with Crippen LogP contribution in [0.3, 0.4) is 0 Å². The molecule has 0 spiro atoms. The number of ether oxygens (including phenoxy) is 1. The molecule has 0 bridgehead atoms. The summed E-state index contributed by atoms with van der Waals surface area (Å²) < 4.78 is 7.06. The lowest BCUT2D eigenvalue weighted by atomic mass is 10.1. The van der Waals surface area contributed by atoms with Crippen LogP contribution in [-0.2, 0) is 4.74 Å². The quantitative estimate of drug-likeness (QED) is 0.419. The van der Waals surface area contributed by atoms with E-state index in [9.17, 15) is 9.59 Å². The number of esters is 1. The molecular formula is C16H10N2O3S2. The summed E-state index contributed by atoms with van der Waals surface area (Å²) in [4.78, 5) is 30.7. The fourth-order valence-electron chi connectivity index (χ4n) is 2.26. The topological polar surface area (TPSA) is 60.7 Å². The highest BCUT2D eigenvalue weighted by atomic mass is 32.1. The van der Waals surface area contributed by atoms with E-state index in [-0.39, 0.29) is 12.4 Å². The number of aromatic nitrogens is 2. The molecular weight excluding hydrogens is 332 g/mol. The van der Waals surface area contributed by atoms with Gasteiger partial charge in [0.25, 0.3) is 0 Å². The van der Waals surface area contributed by atoms with Gasteiger partial charge in [-0.25, -0.2) is 9.78 Å². The van der Waals surface area contributed by atoms with E-state index in [0.717, 1.165) is 15.3 Å². The Bertz CT molecular complexity index is 1010. The fraction of sp³-hybridized carbons (Fsp3) is 0.0625. The number of ketones is 1. The Kier molecular flexibility index (Phi) is 3.44. The lowest BCUT2D eigenvalue weighted by Gasteiger charge is -2.02. The highest BCUT2D eigenvalue weighted by molar-refractivity contribution is 7.21. The third kappa shape index (κ3) is 2.54. The number of imidazole rings is 1. The van der Waals surface area contributed by atoms with E-state index in [1.165, 1.54) is 11.3 Å². The van der Waals surface area contributed by atoms with Gasteiger partial charge in [0.2, 0.25) is 0 Å². The van der Waals surface area contributed by atoms with Gasteiger partial charge >= 0.3 is 5.97 Å². The Morgan fingerprint density at radius 1 is 1.22 bits per heavy atom. The second-order valence-corrected chi connectivity index (χ2v) is 6.74. The first kappa shape index (κ1) is 14.1. The summed E-state index contributed by atoms with van der Waals surface area (Å²) in [5.74, 6) is -0.719. The van der Waals surface area contributed by atoms with Gasteiger partial charge in [-0.15, -0.1) is 22.7 Å². The van der Waals surface area contributed by atoms with Crippen LogP contribution in [0.25, 0.3) is 15.3 Å². The second kappa shape index (κ2) is 5.60. The van der Waals surface area contributed by atoms with E-state index < -0.39 is 5.97 Å². The number of nitrogens with zero attached hydrogens (tertiary/aromatic N) is 2. The van der Waals surface area contributed by atoms with Crippen molar-refractivity contribution in [2.75, 3.05) is 6.61 Å². The Hall–Kier alpha value is -2.51. The molecule has 0 aliphatic rings. The van der Waals surface area contributed by atoms with Crippen molar-refractivity contribution >= 4 is 49.7 Å². The molecule has 1 aromatic carbocycles. The molecule has 3 heterocycles. The number of carbonyl (C=O) groups excluding carboxylic acids is 2. The smallest absolute Gasteiger partial charge is 0.348 e. The molecule has 0 amide bonds. The normalized spacial score (nSPS) is 11.1.